The smallest absolute Gasteiger partial charge is 0.253 e. The number of aromatic nitrogens is 3. The van der Waals surface area contributed by atoms with Crippen LogP contribution in [0.1, 0.15) is 45.5 Å². The fourth-order valence-electron chi connectivity index (χ4n) is 4.84. The van der Waals surface area contributed by atoms with Crippen LogP contribution in [0.25, 0.3) is 11.3 Å². The van der Waals surface area contributed by atoms with Gasteiger partial charge in [-0.1, -0.05) is 65.9 Å². The molecule has 0 bridgehead atoms. The van der Waals surface area contributed by atoms with Crippen molar-refractivity contribution in [2.75, 3.05) is 13.1 Å². The lowest BCUT2D eigenvalue weighted by atomic mass is 9.88. The molecule has 5 rings (SSSR count). The van der Waals surface area contributed by atoms with Gasteiger partial charge < -0.3 is 10.0 Å². The number of rotatable bonds is 8. The highest BCUT2D eigenvalue weighted by Crippen LogP contribution is 2.25. The average Bonchev–Trinajstić information content (AvgIpc) is 3.42. The Morgan fingerprint density at radius 1 is 0.892 bits per heavy atom. The zero-order valence-electron chi connectivity index (χ0n) is 20.7. The predicted molar refractivity (Wildman–Crippen MR) is 141 cm³/mol. The number of aryl methyl sites for hydroxylation is 2. The first-order valence-electron chi connectivity index (χ1n) is 12.7. The zero-order chi connectivity index (χ0) is 25.6. The van der Waals surface area contributed by atoms with E-state index in [1.807, 2.05) is 41.2 Å². The number of carbonyl (C=O) groups excluding carboxylic acids is 2. The van der Waals surface area contributed by atoms with Crippen molar-refractivity contribution in [1.29, 1.82) is 0 Å². The lowest BCUT2D eigenvalue weighted by molar-refractivity contribution is 0.0650. The third-order valence-electron chi connectivity index (χ3n) is 6.95. The van der Waals surface area contributed by atoms with Gasteiger partial charge in [-0.3, -0.25) is 14.3 Å². The molecular formula is C30H30N4O3. The Bertz CT molecular complexity index is 1360. The molecule has 7 nitrogen and oxygen atoms in total. The van der Waals surface area contributed by atoms with Gasteiger partial charge in [0.25, 0.3) is 5.91 Å². The largest absolute Gasteiger partial charge is 0.508 e. The van der Waals surface area contributed by atoms with Gasteiger partial charge in [0.15, 0.2) is 5.78 Å². The monoisotopic (exact) mass is 494 g/mol. The van der Waals surface area contributed by atoms with Crippen molar-refractivity contribution in [3.05, 3.63) is 102 Å². The summed E-state index contributed by atoms with van der Waals surface area (Å²) in [6.07, 6.45) is 5.18. The Morgan fingerprint density at radius 3 is 2.38 bits per heavy atom. The SMILES string of the molecule is O=C(c1ccc(-c2cn(CCCc3ccccc3)nn2)cc1)C1CCN(C(=O)c2cccc(O)c2)CC1. The number of nitrogens with zero attached hydrogens (tertiary/aromatic N) is 4. The van der Waals surface area contributed by atoms with Crippen LogP contribution in [0.2, 0.25) is 0 Å². The van der Waals surface area contributed by atoms with Crippen LogP contribution < -0.4 is 0 Å². The van der Waals surface area contributed by atoms with E-state index < -0.39 is 0 Å². The van der Waals surface area contributed by atoms with E-state index in [1.165, 1.54) is 11.6 Å². The van der Waals surface area contributed by atoms with Crippen LogP contribution >= 0.6 is 0 Å². The van der Waals surface area contributed by atoms with Gasteiger partial charge in [0.1, 0.15) is 11.4 Å². The van der Waals surface area contributed by atoms with Crippen LogP contribution in [0.15, 0.2) is 85.1 Å². The van der Waals surface area contributed by atoms with Crippen LogP contribution in [-0.4, -0.2) is 49.8 Å². The molecule has 1 aromatic heterocycles. The number of piperidine rings is 1. The molecule has 0 radical (unpaired) electrons. The van der Waals surface area contributed by atoms with Crippen molar-refractivity contribution in [2.24, 2.45) is 5.92 Å². The Morgan fingerprint density at radius 2 is 1.65 bits per heavy atom. The van der Waals surface area contributed by atoms with Crippen molar-refractivity contribution in [3.8, 4) is 17.0 Å². The molecular weight excluding hydrogens is 464 g/mol. The van der Waals surface area contributed by atoms with E-state index >= 15 is 0 Å². The number of phenolic OH excluding ortho intramolecular Hbond substituents is 1. The summed E-state index contributed by atoms with van der Waals surface area (Å²) in [7, 11) is 0. The molecule has 7 heteroatoms. The second kappa shape index (κ2) is 11.2. The quantitative estimate of drug-likeness (QED) is 0.348. The van der Waals surface area contributed by atoms with Crippen molar-refractivity contribution in [1.82, 2.24) is 19.9 Å². The number of aromatic hydroxyl groups is 1. The number of amides is 1. The van der Waals surface area contributed by atoms with Crippen molar-refractivity contribution < 1.29 is 14.7 Å². The van der Waals surface area contributed by atoms with E-state index in [0.29, 0.717) is 37.1 Å². The molecule has 0 spiro atoms. The molecule has 2 heterocycles. The molecule has 4 aromatic rings. The summed E-state index contributed by atoms with van der Waals surface area (Å²) in [4.78, 5) is 27.6. The molecule has 3 aromatic carbocycles. The topological polar surface area (TPSA) is 88.3 Å². The van der Waals surface area contributed by atoms with Crippen LogP contribution in [0, 0.1) is 5.92 Å². The maximum atomic E-state index is 13.1. The number of Topliss-reactive ketones (excluding diaryl/α,β-unsaturated/α-hetero) is 1. The highest BCUT2D eigenvalue weighted by atomic mass is 16.3. The standard InChI is InChI=1S/C30H30N4O3/c35-27-10-4-9-26(20-27)30(37)33-18-15-25(16-19-33)29(36)24-13-11-23(12-14-24)28-21-34(32-31-28)17-5-8-22-6-2-1-3-7-22/h1-4,6-7,9-14,20-21,25,35H,5,8,15-19H2. The molecule has 188 valence electrons. The van der Waals surface area contributed by atoms with Crippen molar-refractivity contribution >= 4 is 11.7 Å². The third kappa shape index (κ3) is 5.94. The number of phenols is 1. The van der Waals surface area contributed by atoms with Crippen LogP contribution in [0.4, 0.5) is 0 Å². The molecule has 37 heavy (non-hydrogen) atoms. The lowest BCUT2D eigenvalue weighted by Crippen LogP contribution is -2.40. The van der Waals surface area contributed by atoms with E-state index in [4.69, 9.17) is 0 Å². The van der Waals surface area contributed by atoms with Gasteiger partial charge in [0.2, 0.25) is 0 Å². The summed E-state index contributed by atoms with van der Waals surface area (Å²) in [6, 6.07) is 24.3. The average molecular weight is 495 g/mol. The Labute approximate surface area is 216 Å². The second-order valence-electron chi connectivity index (χ2n) is 9.51. The zero-order valence-corrected chi connectivity index (χ0v) is 20.7. The molecule has 1 saturated heterocycles. The molecule has 1 fully saturated rings. The highest BCUT2D eigenvalue weighted by Gasteiger charge is 2.28. The van der Waals surface area contributed by atoms with Crippen LogP contribution in [0.3, 0.4) is 0 Å². The van der Waals surface area contributed by atoms with Crippen LogP contribution in [0.5, 0.6) is 5.75 Å². The Hall–Kier alpha value is -4.26. The molecule has 1 amide bonds. The molecule has 1 N–H and O–H groups in total. The first-order valence-corrected chi connectivity index (χ1v) is 12.7. The number of ketones is 1. The third-order valence-corrected chi connectivity index (χ3v) is 6.95. The van der Waals surface area contributed by atoms with Gasteiger partial charge >= 0.3 is 0 Å². The van der Waals surface area contributed by atoms with E-state index in [1.54, 1.807) is 23.1 Å². The minimum atomic E-state index is -0.112. The normalized spacial score (nSPS) is 14.0. The molecule has 0 atom stereocenters. The van der Waals surface area contributed by atoms with Gasteiger partial charge in [0, 0.05) is 42.2 Å². The van der Waals surface area contributed by atoms with Gasteiger partial charge in [-0.05, 0) is 49.4 Å². The molecule has 0 aliphatic carbocycles. The predicted octanol–water partition coefficient (Wildman–Crippen LogP) is 5.02. The fourth-order valence-corrected chi connectivity index (χ4v) is 4.84. The number of likely N-dealkylation sites (tertiary alicyclic amines) is 1. The summed E-state index contributed by atoms with van der Waals surface area (Å²) < 4.78 is 1.86. The fraction of sp³-hybridized carbons (Fsp3) is 0.267. The Kier molecular flexibility index (Phi) is 7.40. The maximum Gasteiger partial charge on any atom is 0.253 e. The van der Waals surface area contributed by atoms with Gasteiger partial charge in [0.05, 0.1) is 6.20 Å². The molecule has 0 saturated carbocycles. The molecule has 1 aliphatic heterocycles. The minimum Gasteiger partial charge on any atom is -0.508 e. The van der Waals surface area contributed by atoms with E-state index in [2.05, 4.69) is 34.6 Å². The maximum absolute atomic E-state index is 13.1. The van der Waals surface area contributed by atoms with Gasteiger partial charge in [-0.25, -0.2) is 0 Å². The van der Waals surface area contributed by atoms with Crippen LogP contribution in [-0.2, 0) is 13.0 Å². The summed E-state index contributed by atoms with van der Waals surface area (Å²) in [5.41, 5.74) is 4.18. The summed E-state index contributed by atoms with van der Waals surface area (Å²) >= 11 is 0. The van der Waals surface area contributed by atoms with E-state index in [9.17, 15) is 14.7 Å². The summed E-state index contributed by atoms with van der Waals surface area (Å²) in [5, 5.41) is 18.2. The van der Waals surface area contributed by atoms with E-state index in [-0.39, 0.29) is 23.4 Å². The number of benzene rings is 3. The first-order chi connectivity index (χ1) is 18.1. The lowest BCUT2D eigenvalue weighted by Gasteiger charge is -2.31. The molecule has 1 aliphatic rings. The van der Waals surface area contributed by atoms with Crippen molar-refractivity contribution in [3.63, 3.8) is 0 Å². The minimum absolute atomic E-state index is 0.0740. The number of hydrogen-bond acceptors (Lipinski definition) is 5. The summed E-state index contributed by atoms with van der Waals surface area (Å²) in [5.74, 6) is -0.0330. The highest BCUT2D eigenvalue weighted by molar-refractivity contribution is 5.99. The molecule has 0 unspecified atom stereocenters. The summed E-state index contributed by atoms with van der Waals surface area (Å²) in [6.45, 7) is 1.85. The van der Waals surface area contributed by atoms with Gasteiger partial charge in [-0.15, -0.1) is 5.10 Å². The number of carbonyl (C=O) groups is 2. The number of hydrogen-bond donors (Lipinski definition) is 1. The Balaban J connectivity index is 1.13. The van der Waals surface area contributed by atoms with Gasteiger partial charge in [-0.2, -0.15) is 0 Å². The van der Waals surface area contributed by atoms with Crippen molar-refractivity contribution in [2.45, 2.75) is 32.2 Å². The second-order valence-corrected chi connectivity index (χ2v) is 9.51. The first kappa shape index (κ1) is 24.4. The van der Waals surface area contributed by atoms with E-state index in [0.717, 1.165) is 30.6 Å².